The Bertz CT molecular complexity index is 681. The minimum Gasteiger partial charge on any atom is -0.399 e. The highest BCUT2D eigenvalue weighted by Crippen LogP contribution is 2.25. The molecule has 1 aromatic rings. The topological polar surface area (TPSA) is 111 Å². The summed E-state index contributed by atoms with van der Waals surface area (Å²) in [6.45, 7) is 3.63. The van der Waals surface area contributed by atoms with Gasteiger partial charge in [0.15, 0.2) is 0 Å². The van der Waals surface area contributed by atoms with E-state index in [9.17, 15) is 8.42 Å². The van der Waals surface area contributed by atoms with Gasteiger partial charge in [0.25, 0.3) is 0 Å². The maximum absolute atomic E-state index is 12.7. The zero-order valence-electron chi connectivity index (χ0n) is 12.1. The van der Waals surface area contributed by atoms with Crippen molar-refractivity contribution in [2.75, 3.05) is 18.8 Å². The van der Waals surface area contributed by atoms with Crippen LogP contribution in [0.1, 0.15) is 24.0 Å². The van der Waals surface area contributed by atoms with Gasteiger partial charge in [-0.05, 0) is 37.1 Å². The standard InChI is InChI=1S/C14H18N4O2S/c1-11-9-13(17)10-14(12(11)2)21(19,20)18(7-3-5-15)8-4-6-16/h9-10H,3-4,7-8,17H2,1-2H3. The highest BCUT2D eigenvalue weighted by Gasteiger charge is 2.26. The predicted molar refractivity (Wildman–Crippen MR) is 79.5 cm³/mol. The molecule has 6 nitrogen and oxygen atoms in total. The monoisotopic (exact) mass is 306 g/mol. The summed E-state index contributed by atoms with van der Waals surface area (Å²) in [4.78, 5) is 0.135. The minimum absolute atomic E-state index is 0.0633. The smallest absolute Gasteiger partial charge is 0.243 e. The average molecular weight is 306 g/mol. The van der Waals surface area contributed by atoms with Crippen LogP contribution in [0.25, 0.3) is 0 Å². The Hall–Kier alpha value is -2.09. The fraction of sp³-hybridized carbons (Fsp3) is 0.429. The van der Waals surface area contributed by atoms with Crippen molar-refractivity contribution in [3.05, 3.63) is 23.3 Å². The van der Waals surface area contributed by atoms with Gasteiger partial charge in [0.1, 0.15) is 0 Å². The largest absolute Gasteiger partial charge is 0.399 e. The van der Waals surface area contributed by atoms with E-state index in [4.69, 9.17) is 16.3 Å². The Balaban J connectivity index is 3.29. The normalized spacial score (nSPS) is 11.1. The molecule has 0 saturated carbocycles. The van der Waals surface area contributed by atoms with E-state index in [2.05, 4.69) is 0 Å². The van der Waals surface area contributed by atoms with Crippen molar-refractivity contribution >= 4 is 15.7 Å². The predicted octanol–water partition coefficient (Wildman–Crippen LogP) is 1.70. The van der Waals surface area contributed by atoms with Gasteiger partial charge in [-0.15, -0.1) is 0 Å². The van der Waals surface area contributed by atoms with Crippen LogP contribution in [0.4, 0.5) is 5.69 Å². The number of nitriles is 2. The first-order valence-corrected chi connectivity index (χ1v) is 7.89. The molecule has 0 heterocycles. The number of nitrogens with two attached hydrogens (primary N) is 1. The molecule has 0 aromatic heterocycles. The van der Waals surface area contributed by atoms with E-state index in [1.165, 1.54) is 10.4 Å². The second kappa shape index (κ2) is 7.07. The van der Waals surface area contributed by atoms with Crippen LogP contribution in [-0.4, -0.2) is 25.8 Å². The molecule has 0 radical (unpaired) electrons. The molecule has 0 aliphatic heterocycles. The maximum atomic E-state index is 12.7. The van der Waals surface area contributed by atoms with Gasteiger partial charge in [-0.3, -0.25) is 0 Å². The van der Waals surface area contributed by atoms with Crippen LogP contribution < -0.4 is 5.73 Å². The molecule has 0 saturated heterocycles. The Morgan fingerprint density at radius 3 is 2.14 bits per heavy atom. The van der Waals surface area contributed by atoms with E-state index < -0.39 is 10.0 Å². The molecule has 0 fully saturated rings. The van der Waals surface area contributed by atoms with Crippen LogP contribution in [-0.2, 0) is 10.0 Å². The Morgan fingerprint density at radius 2 is 1.67 bits per heavy atom. The zero-order valence-corrected chi connectivity index (χ0v) is 12.9. The van der Waals surface area contributed by atoms with Gasteiger partial charge in [0.05, 0.1) is 17.0 Å². The molecule has 0 unspecified atom stereocenters. The van der Waals surface area contributed by atoms with Crippen LogP contribution in [0.5, 0.6) is 0 Å². The van der Waals surface area contributed by atoms with E-state index in [-0.39, 0.29) is 30.8 Å². The molecule has 1 aromatic carbocycles. The van der Waals surface area contributed by atoms with Gasteiger partial charge in [0, 0.05) is 31.6 Å². The molecule has 7 heteroatoms. The third-order valence-electron chi connectivity index (χ3n) is 3.21. The summed E-state index contributed by atoms with van der Waals surface area (Å²) in [7, 11) is -3.77. The number of nitrogens with zero attached hydrogens (tertiary/aromatic N) is 3. The number of rotatable bonds is 6. The molecular weight excluding hydrogens is 288 g/mol. The fourth-order valence-electron chi connectivity index (χ4n) is 1.96. The van der Waals surface area contributed by atoms with Crippen LogP contribution in [0.15, 0.2) is 17.0 Å². The molecular formula is C14H18N4O2S. The van der Waals surface area contributed by atoms with Gasteiger partial charge in [0.2, 0.25) is 10.0 Å². The van der Waals surface area contributed by atoms with Crippen LogP contribution in [0, 0.1) is 36.5 Å². The number of sulfonamides is 1. The number of anilines is 1. The van der Waals surface area contributed by atoms with E-state index in [0.717, 1.165) is 5.56 Å². The first-order chi connectivity index (χ1) is 9.84. The lowest BCUT2D eigenvalue weighted by Gasteiger charge is -2.22. The summed E-state index contributed by atoms with van der Waals surface area (Å²) >= 11 is 0. The van der Waals surface area contributed by atoms with Crippen molar-refractivity contribution in [3.8, 4) is 12.1 Å². The number of hydrogen-bond donors (Lipinski definition) is 1. The van der Waals surface area contributed by atoms with Crippen molar-refractivity contribution in [1.82, 2.24) is 4.31 Å². The number of nitrogen functional groups attached to an aromatic ring is 1. The summed E-state index contributed by atoms with van der Waals surface area (Å²) in [6.07, 6.45) is 0.149. The Labute approximate surface area is 125 Å². The average Bonchev–Trinajstić information content (AvgIpc) is 2.42. The van der Waals surface area contributed by atoms with Gasteiger partial charge in [-0.2, -0.15) is 14.8 Å². The third kappa shape index (κ3) is 3.94. The summed E-state index contributed by atoms with van der Waals surface area (Å²) < 4.78 is 26.6. The Kier molecular flexibility index (Phi) is 5.71. The first-order valence-electron chi connectivity index (χ1n) is 6.45. The summed E-state index contributed by atoms with van der Waals surface area (Å²) in [5.74, 6) is 0. The quantitative estimate of drug-likeness (QED) is 0.804. The third-order valence-corrected chi connectivity index (χ3v) is 5.23. The van der Waals surface area contributed by atoms with E-state index in [1.54, 1.807) is 19.9 Å². The zero-order chi connectivity index (χ0) is 16.0. The summed E-state index contributed by atoms with van der Waals surface area (Å²) in [6, 6.07) is 6.98. The van der Waals surface area contributed by atoms with Crippen molar-refractivity contribution in [2.24, 2.45) is 0 Å². The van der Waals surface area contributed by atoms with Gasteiger partial charge in [-0.1, -0.05) is 0 Å². The SMILES string of the molecule is Cc1cc(N)cc(S(=O)(=O)N(CCC#N)CCC#N)c1C. The molecule has 0 bridgehead atoms. The lowest BCUT2D eigenvalue weighted by atomic mass is 10.1. The van der Waals surface area contributed by atoms with Crippen molar-refractivity contribution in [1.29, 1.82) is 10.5 Å². The van der Waals surface area contributed by atoms with Crippen LogP contribution in [0.2, 0.25) is 0 Å². The van der Waals surface area contributed by atoms with Gasteiger partial charge in [-0.25, -0.2) is 8.42 Å². The van der Waals surface area contributed by atoms with Crippen molar-refractivity contribution in [2.45, 2.75) is 31.6 Å². The van der Waals surface area contributed by atoms with Crippen LogP contribution >= 0.6 is 0 Å². The van der Waals surface area contributed by atoms with E-state index in [1.807, 2.05) is 12.1 Å². The van der Waals surface area contributed by atoms with Gasteiger partial charge >= 0.3 is 0 Å². The molecule has 0 spiro atoms. The number of benzene rings is 1. The van der Waals surface area contributed by atoms with Crippen molar-refractivity contribution in [3.63, 3.8) is 0 Å². The first kappa shape index (κ1) is 17.0. The molecule has 0 aliphatic rings. The molecule has 0 amide bonds. The van der Waals surface area contributed by atoms with Gasteiger partial charge < -0.3 is 5.73 Å². The second-order valence-corrected chi connectivity index (χ2v) is 6.59. The second-order valence-electron chi connectivity index (χ2n) is 4.68. The van der Waals surface area contributed by atoms with Crippen molar-refractivity contribution < 1.29 is 8.42 Å². The molecule has 21 heavy (non-hydrogen) atoms. The molecule has 112 valence electrons. The maximum Gasteiger partial charge on any atom is 0.243 e. The fourth-order valence-corrected chi connectivity index (χ4v) is 3.74. The molecule has 0 atom stereocenters. The highest BCUT2D eigenvalue weighted by atomic mass is 32.2. The number of aryl methyl sites for hydroxylation is 1. The lowest BCUT2D eigenvalue weighted by Crippen LogP contribution is -2.33. The molecule has 2 N–H and O–H groups in total. The van der Waals surface area contributed by atoms with Crippen LogP contribution in [0.3, 0.4) is 0 Å². The van der Waals surface area contributed by atoms with E-state index >= 15 is 0 Å². The lowest BCUT2D eigenvalue weighted by molar-refractivity contribution is 0.424. The highest BCUT2D eigenvalue weighted by molar-refractivity contribution is 7.89. The molecule has 0 aliphatic carbocycles. The Morgan fingerprint density at radius 1 is 1.14 bits per heavy atom. The minimum atomic E-state index is -3.77. The molecule has 1 rings (SSSR count). The number of hydrogen-bond acceptors (Lipinski definition) is 5. The summed E-state index contributed by atoms with van der Waals surface area (Å²) in [5.41, 5.74) is 7.52. The summed E-state index contributed by atoms with van der Waals surface area (Å²) in [5, 5.41) is 17.3. The van der Waals surface area contributed by atoms with E-state index in [0.29, 0.717) is 11.3 Å².